The molecule has 7 nitrogen and oxygen atoms in total. The molecule has 3 aromatic rings. The first-order chi connectivity index (χ1) is 15.7. The zero-order chi connectivity index (χ0) is 23.8. The Balaban J connectivity index is 1.53. The van der Waals surface area contributed by atoms with Crippen molar-refractivity contribution in [1.82, 2.24) is 19.0 Å². The summed E-state index contributed by atoms with van der Waals surface area (Å²) in [5.74, 6) is -0.189. The number of aryl methyl sites for hydroxylation is 3. The molecule has 33 heavy (non-hydrogen) atoms. The Morgan fingerprint density at radius 2 is 1.79 bits per heavy atom. The van der Waals surface area contributed by atoms with Gasteiger partial charge in [0.2, 0.25) is 15.9 Å². The van der Waals surface area contributed by atoms with E-state index >= 15 is 0 Å². The van der Waals surface area contributed by atoms with Crippen LogP contribution in [0.2, 0.25) is 0 Å². The van der Waals surface area contributed by atoms with Gasteiger partial charge in [0.05, 0.1) is 16.8 Å². The van der Waals surface area contributed by atoms with Crippen LogP contribution in [0.25, 0.3) is 5.69 Å². The average Bonchev–Trinajstić information content (AvgIpc) is 3.43. The summed E-state index contributed by atoms with van der Waals surface area (Å²) in [5.41, 5.74) is 4.27. The first kappa shape index (κ1) is 23.2. The van der Waals surface area contributed by atoms with E-state index in [2.05, 4.69) is 5.10 Å². The van der Waals surface area contributed by atoms with Gasteiger partial charge in [-0.1, -0.05) is 35.9 Å². The molecule has 4 rings (SSSR count). The van der Waals surface area contributed by atoms with Gasteiger partial charge in [-0.3, -0.25) is 4.79 Å². The third kappa shape index (κ3) is 4.58. The average molecular weight is 467 g/mol. The lowest BCUT2D eigenvalue weighted by atomic mass is 10.1. The topological polar surface area (TPSA) is 75.5 Å². The summed E-state index contributed by atoms with van der Waals surface area (Å²) in [4.78, 5) is 15.2. The van der Waals surface area contributed by atoms with Crippen molar-refractivity contribution in [3.05, 3.63) is 77.1 Å². The van der Waals surface area contributed by atoms with Gasteiger partial charge in [0.1, 0.15) is 6.04 Å². The smallest absolute Gasteiger partial charge is 0.244 e. The molecule has 0 bridgehead atoms. The van der Waals surface area contributed by atoms with Crippen molar-refractivity contribution in [3.8, 4) is 5.69 Å². The van der Waals surface area contributed by atoms with Crippen LogP contribution >= 0.6 is 0 Å². The molecule has 1 saturated heterocycles. The van der Waals surface area contributed by atoms with E-state index < -0.39 is 16.1 Å². The van der Waals surface area contributed by atoms with Crippen molar-refractivity contribution in [2.24, 2.45) is 0 Å². The number of hydrogen-bond acceptors (Lipinski definition) is 4. The number of carbonyl (C=O) groups is 1. The van der Waals surface area contributed by atoms with Gasteiger partial charge < -0.3 is 4.90 Å². The van der Waals surface area contributed by atoms with E-state index in [1.165, 1.54) is 4.31 Å². The quantitative estimate of drug-likeness (QED) is 0.556. The van der Waals surface area contributed by atoms with E-state index in [9.17, 15) is 13.2 Å². The molecule has 1 atom stereocenters. The number of aromatic nitrogens is 2. The molecule has 2 heterocycles. The van der Waals surface area contributed by atoms with Gasteiger partial charge in [-0.15, -0.1) is 0 Å². The number of carbonyl (C=O) groups excluding carboxylic acids is 1. The van der Waals surface area contributed by atoms with Crippen LogP contribution in [0.4, 0.5) is 0 Å². The molecule has 0 radical (unpaired) electrons. The minimum atomic E-state index is -3.78. The summed E-state index contributed by atoms with van der Waals surface area (Å²) in [6, 6.07) is 12.8. The monoisotopic (exact) mass is 466 g/mol. The number of likely N-dealkylation sites (N-methyl/N-ethyl adjacent to an activating group) is 1. The van der Waals surface area contributed by atoms with Crippen LogP contribution in [0.5, 0.6) is 0 Å². The molecule has 2 aromatic carbocycles. The van der Waals surface area contributed by atoms with Crippen LogP contribution in [-0.2, 0) is 21.4 Å². The van der Waals surface area contributed by atoms with Gasteiger partial charge in [-0.05, 0) is 56.9 Å². The highest BCUT2D eigenvalue weighted by molar-refractivity contribution is 7.89. The molecular formula is C25H30N4O3S. The molecule has 8 heteroatoms. The lowest BCUT2D eigenvalue weighted by Crippen LogP contribution is -2.46. The summed E-state index contributed by atoms with van der Waals surface area (Å²) < 4.78 is 30.3. The molecule has 1 aromatic heterocycles. The Morgan fingerprint density at radius 1 is 1.12 bits per heavy atom. The molecular weight excluding hydrogens is 436 g/mol. The van der Waals surface area contributed by atoms with Gasteiger partial charge >= 0.3 is 0 Å². The largest absolute Gasteiger partial charge is 0.340 e. The highest BCUT2D eigenvalue weighted by Crippen LogP contribution is 2.31. The van der Waals surface area contributed by atoms with Crippen LogP contribution in [-0.4, -0.2) is 52.9 Å². The van der Waals surface area contributed by atoms with E-state index in [0.717, 1.165) is 16.8 Å². The SMILES string of the molecule is Cc1cc(C)c(S(=O)(=O)N2CCCC2C(=O)N(C)Cc2cnn(-c3ccccc3)c2)c(C)c1. The van der Waals surface area contributed by atoms with Gasteiger partial charge in [0, 0.05) is 31.9 Å². The van der Waals surface area contributed by atoms with Crippen LogP contribution in [0.3, 0.4) is 0 Å². The van der Waals surface area contributed by atoms with E-state index in [0.29, 0.717) is 42.0 Å². The molecule has 0 saturated carbocycles. The Bertz CT molecular complexity index is 1240. The molecule has 1 amide bonds. The number of sulfonamides is 1. The van der Waals surface area contributed by atoms with Crippen molar-refractivity contribution in [1.29, 1.82) is 0 Å². The van der Waals surface area contributed by atoms with Gasteiger partial charge in [-0.2, -0.15) is 9.40 Å². The first-order valence-corrected chi connectivity index (χ1v) is 12.6. The summed E-state index contributed by atoms with van der Waals surface area (Å²) in [6.45, 7) is 6.30. The number of amides is 1. The fourth-order valence-electron chi connectivity index (χ4n) is 4.74. The fraction of sp³-hybridized carbons (Fsp3) is 0.360. The molecule has 0 N–H and O–H groups in total. The summed E-state index contributed by atoms with van der Waals surface area (Å²) in [5, 5.41) is 4.39. The Kier molecular flexibility index (Phi) is 6.41. The highest BCUT2D eigenvalue weighted by Gasteiger charge is 2.41. The summed E-state index contributed by atoms with van der Waals surface area (Å²) in [7, 11) is -2.06. The van der Waals surface area contributed by atoms with Crippen molar-refractivity contribution in [2.75, 3.05) is 13.6 Å². The van der Waals surface area contributed by atoms with Crippen molar-refractivity contribution in [3.63, 3.8) is 0 Å². The number of hydrogen-bond donors (Lipinski definition) is 0. The third-order valence-electron chi connectivity index (χ3n) is 6.11. The van der Waals surface area contributed by atoms with Crippen LogP contribution in [0.15, 0.2) is 59.8 Å². The van der Waals surface area contributed by atoms with Crippen molar-refractivity contribution >= 4 is 15.9 Å². The molecule has 1 aliphatic heterocycles. The Labute approximate surface area is 195 Å². The number of rotatable bonds is 6. The molecule has 1 fully saturated rings. The zero-order valence-electron chi connectivity index (χ0n) is 19.5. The van der Waals surface area contributed by atoms with Crippen LogP contribution in [0, 0.1) is 20.8 Å². The van der Waals surface area contributed by atoms with E-state index in [1.807, 2.05) is 69.4 Å². The second-order valence-electron chi connectivity index (χ2n) is 8.82. The minimum Gasteiger partial charge on any atom is -0.340 e. The predicted molar refractivity (Wildman–Crippen MR) is 128 cm³/mol. The highest BCUT2D eigenvalue weighted by atomic mass is 32.2. The van der Waals surface area contributed by atoms with Gasteiger partial charge in [0.25, 0.3) is 0 Å². The normalized spacial score (nSPS) is 16.8. The Morgan fingerprint density at radius 3 is 2.45 bits per heavy atom. The van der Waals surface area contributed by atoms with E-state index in [1.54, 1.807) is 22.8 Å². The van der Waals surface area contributed by atoms with E-state index in [-0.39, 0.29) is 5.91 Å². The molecule has 174 valence electrons. The standard InChI is InChI=1S/C25H30N4O3S/c1-18-13-19(2)24(20(3)14-18)33(31,32)29-12-8-11-23(29)25(30)27(4)16-21-15-26-28(17-21)22-9-6-5-7-10-22/h5-7,9-10,13-15,17,23H,8,11-12,16H2,1-4H3. The second-order valence-corrected chi connectivity index (χ2v) is 10.7. The maximum absolute atomic E-state index is 13.6. The van der Waals surface area contributed by atoms with Crippen LogP contribution in [0.1, 0.15) is 35.1 Å². The maximum atomic E-state index is 13.6. The number of para-hydroxylation sites is 1. The summed E-state index contributed by atoms with van der Waals surface area (Å²) in [6.07, 6.45) is 4.81. The molecule has 1 aliphatic rings. The van der Waals surface area contributed by atoms with Gasteiger partial charge in [-0.25, -0.2) is 13.1 Å². The van der Waals surface area contributed by atoms with E-state index in [4.69, 9.17) is 0 Å². The predicted octanol–water partition coefficient (Wildman–Crippen LogP) is 3.61. The zero-order valence-corrected chi connectivity index (χ0v) is 20.3. The van der Waals surface area contributed by atoms with Gasteiger partial charge in [0.15, 0.2) is 0 Å². The maximum Gasteiger partial charge on any atom is 0.244 e. The van der Waals surface area contributed by atoms with Crippen molar-refractivity contribution < 1.29 is 13.2 Å². The Hall–Kier alpha value is -2.97. The lowest BCUT2D eigenvalue weighted by molar-refractivity contribution is -0.133. The second kappa shape index (κ2) is 9.11. The van der Waals surface area contributed by atoms with Crippen LogP contribution < -0.4 is 0 Å². The first-order valence-electron chi connectivity index (χ1n) is 11.1. The minimum absolute atomic E-state index is 0.189. The fourth-order valence-corrected chi connectivity index (χ4v) is 6.80. The molecule has 0 spiro atoms. The molecule has 1 unspecified atom stereocenters. The molecule has 0 aliphatic carbocycles. The number of benzene rings is 2. The lowest BCUT2D eigenvalue weighted by Gasteiger charge is -2.28. The third-order valence-corrected chi connectivity index (χ3v) is 8.33. The van der Waals surface area contributed by atoms with Crippen molar-refractivity contribution in [2.45, 2.75) is 51.1 Å². The summed E-state index contributed by atoms with van der Waals surface area (Å²) >= 11 is 0. The number of nitrogens with zero attached hydrogens (tertiary/aromatic N) is 4.